The van der Waals surface area contributed by atoms with Crippen molar-refractivity contribution < 1.29 is 4.79 Å². The maximum Gasteiger partial charge on any atom is 0.248 e. The van der Waals surface area contributed by atoms with Crippen LogP contribution in [0.3, 0.4) is 0 Å². The highest BCUT2D eigenvalue weighted by Crippen LogP contribution is 2.24. The molecule has 0 radical (unpaired) electrons. The van der Waals surface area contributed by atoms with Crippen molar-refractivity contribution in [2.45, 2.75) is 0 Å². The van der Waals surface area contributed by atoms with Crippen LogP contribution in [0.15, 0.2) is 53.0 Å². The molecule has 0 spiro atoms. The number of benzene rings is 2. The van der Waals surface area contributed by atoms with Crippen LogP contribution in [0.1, 0.15) is 5.56 Å². The Morgan fingerprint density at radius 2 is 1.90 bits per heavy atom. The minimum atomic E-state index is -0.217. The van der Waals surface area contributed by atoms with Crippen LogP contribution in [0.2, 0.25) is 5.02 Å². The van der Waals surface area contributed by atoms with Crippen LogP contribution < -0.4 is 11.1 Å². The van der Waals surface area contributed by atoms with Gasteiger partial charge >= 0.3 is 0 Å². The van der Waals surface area contributed by atoms with E-state index in [2.05, 4.69) is 21.2 Å². The van der Waals surface area contributed by atoms with Gasteiger partial charge in [-0.1, -0.05) is 23.7 Å². The maximum atomic E-state index is 11.8. The van der Waals surface area contributed by atoms with Crippen LogP contribution in [-0.2, 0) is 4.79 Å². The fourth-order valence-corrected chi connectivity index (χ4v) is 2.17. The van der Waals surface area contributed by atoms with E-state index in [1.165, 1.54) is 6.08 Å². The summed E-state index contributed by atoms with van der Waals surface area (Å²) < 4.78 is 0.741. The zero-order valence-electron chi connectivity index (χ0n) is 10.4. The number of nitrogens with one attached hydrogen (secondary N) is 1. The highest BCUT2D eigenvalue weighted by Gasteiger charge is 2.02. The zero-order chi connectivity index (χ0) is 14.5. The standard InChI is InChI=1S/C15H12BrClN2O/c16-13-9-12(18)6-7-14(13)19-15(20)8-3-10-1-4-11(17)5-2-10/h1-9H,18H2,(H,19,20)/b8-3+. The van der Waals surface area contributed by atoms with Gasteiger partial charge in [-0.15, -0.1) is 0 Å². The lowest BCUT2D eigenvalue weighted by molar-refractivity contribution is -0.111. The van der Waals surface area contributed by atoms with Crippen molar-refractivity contribution in [2.75, 3.05) is 11.1 Å². The summed E-state index contributed by atoms with van der Waals surface area (Å²) >= 11 is 9.14. The predicted octanol–water partition coefficient (Wildman–Crippen LogP) is 4.34. The number of nitrogens with two attached hydrogens (primary N) is 1. The molecule has 0 heterocycles. The number of carbonyl (C=O) groups excluding carboxylic acids is 1. The van der Waals surface area contributed by atoms with E-state index in [1.54, 1.807) is 36.4 Å². The number of nitrogen functional groups attached to an aromatic ring is 1. The van der Waals surface area contributed by atoms with E-state index in [4.69, 9.17) is 17.3 Å². The molecule has 5 heteroatoms. The van der Waals surface area contributed by atoms with Crippen molar-refractivity contribution in [3.05, 3.63) is 63.6 Å². The molecule has 0 aliphatic rings. The molecular formula is C15H12BrClN2O. The molecular weight excluding hydrogens is 340 g/mol. The summed E-state index contributed by atoms with van der Waals surface area (Å²) in [6.07, 6.45) is 3.18. The van der Waals surface area contributed by atoms with Crippen molar-refractivity contribution in [1.82, 2.24) is 0 Å². The first kappa shape index (κ1) is 14.6. The van der Waals surface area contributed by atoms with E-state index in [9.17, 15) is 4.79 Å². The quantitative estimate of drug-likeness (QED) is 0.638. The van der Waals surface area contributed by atoms with E-state index in [1.807, 2.05) is 12.1 Å². The summed E-state index contributed by atoms with van der Waals surface area (Å²) in [5.74, 6) is -0.217. The zero-order valence-corrected chi connectivity index (χ0v) is 12.8. The molecule has 2 rings (SSSR count). The predicted molar refractivity (Wildman–Crippen MR) is 87.7 cm³/mol. The molecule has 20 heavy (non-hydrogen) atoms. The molecule has 102 valence electrons. The summed E-state index contributed by atoms with van der Waals surface area (Å²) in [6, 6.07) is 12.4. The third kappa shape index (κ3) is 4.11. The maximum absolute atomic E-state index is 11.8. The molecule has 3 N–H and O–H groups in total. The largest absolute Gasteiger partial charge is 0.399 e. The van der Waals surface area contributed by atoms with E-state index >= 15 is 0 Å². The molecule has 0 bridgehead atoms. The number of hydrogen-bond acceptors (Lipinski definition) is 2. The molecule has 2 aromatic carbocycles. The lowest BCUT2D eigenvalue weighted by Gasteiger charge is -2.05. The smallest absolute Gasteiger partial charge is 0.248 e. The summed E-state index contributed by atoms with van der Waals surface area (Å²) in [7, 11) is 0. The molecule has 0 aromatic heterocycles. The second-order valence-corrected chi connectivity index (χ2v) is 5.40. The Bertz CT molecular complexity index is 653. The third-order valence-electron chi connectivity index (χ3n) is 2.55. The number of halogens is 2. The van der Waals surface area contributed by atoms with Crippen LogP contribution in [-0.4, -0.2) is 5.91 Å². The van der Waals surface area contributed by atoms with Crippen LogP contribution in [0.4, 0.5) is 11.4 Å². The van der Waals surface area contributed by atoms with Crippen molar-refractivity contribution in [3.63, 3.8) is 0 Å². The van der Waals surface area contributed by atoms with Crippen LogP contribution in [0.25, 0.3) is 6.08 Å². The van der Waals surface area contributed by atoms with Gasteiger partial charge in [-0.05, 0) is 57.9 Å². The molecule has 0 aliphatic heterocycles. The van der Waals surface area contributed by atoms with Gasteiger partial charge in [-0.2, -0.15) is 0 Å². The van der Waals surface area contributed by atoms with Gasteiger partial charge < -0.3 is 11.1 Å². The highest BCUT2D eigenvalue weighted by atomic mass is 79.9. The van der Waals surface area contributed by atoms with Gasteiger partial charge in [0.05, 0.1) is 5.69 Å². The highest BCUT2D eigenvalue weighted by molar-refractivity contribution is 9.10. The molecule has 0 aliphatic carbocycles. The number of rotatable bonds is 3. The van der Waals surface area contributed by atoms with Crippen LogP contribution >= 0.6 is 27.5 Å². The molecule has 0 fully saturated rings. The molecule has 0 saturated carbocycles. The van der Waals surface area contributed by atoms with E-state index in [-0.39, 0.29) is 5.91 Å². The average Bonchev–Trinajstić information content (AvgIpc) is 2.41. The third-order valence-corrected chi connectivity index (χ3v) is 3.46. The number of hydrogen-bond donors (Lipinski definition) is 2. The summed E-state index contributed by atoms with van der Waals surface area (Å²) in [6.45, 7) is 0. The summed E-state index contributed by atoms with van der Waals surface area (Å²) in [5, 5.41) is 3.43. The molecule has 0 atom stereocenters. The van der Waals surface area contributed by atoms with Gasteiger partial charge in [0.1, 0.15) is 0 Å². The van der Waals surface area contributed by atoms with Crippen molar-refractivity contribution in [2.24, 2.45) is 0 Å². The van der Waals surface area contributed by atoms with Gasteiger partial charge in [0.2, 0.25) is 5.91 Å². The number of amides is 1. The lowest BCUT2D eigenvalue weighted by Crippen LogP contribution is -2.08. The van der Waals surface area contributed by atoms with Crippen LogP contribution in [0, 0.1) is 0 Å². The van der Waals surface area contributed by atoms with E-state index in [0.29, 0.717) is 16.4 Å². The number of anilines is 2. The Morgan fingerprint density at radius 3 is 2.55 bits per heavy atom. The molecule has 0 saturated heterocycles. The van der Waals surface area contributed by atoms with Crippen molar-refractivity contribution in [1.29, 1.82) is 0 Å². The normalized spacial score (nSPS) is 10.7. The molecule has 3 nitrogen and oxygen atoms in total. The first-order valence-electron chi connectivity index (χ1n) is 5.84. The molecule has 0 unspecified atom stereocenters. The Hall–Kier alpha value is -1.78. The van der Waals surface area contributed by atoms with Gasteiger partial charge in [0.25, 0.3) is 0 Å². The monoisotopic (exact) mass is 350 g/mol. The van der Waals surface area contributed by atoms with Gasteiger partial charge in [0.15, 0.2) is 0 Å². The second-order valence-electron chi connectivity index (χ2n) is 4.11. The summed E-state index contributed by atoms with van der Waals surface area (Å²) in [5.41, 5.74) is 7.84. The van der Waals surface area contributed by atoms with Gasteiger partial charge in [0, 0.05) is 21.3 Å². The Kier molecular flexibility index (Phi) is 4.82. The first-order chi connectivity index (χ1) is 9.54. The minimum absolute atomic E-state index is 0.217. The topological polar surface area (TPSA) is 55.1 Å². The van der Waals surface area contributed by atoms with Crippen molar-refractivity contribution >= 4 is 50.9 Å². The Labute approximate surface area is 130 Å². The number of carbonyl (C=O) groups is 1. The van der Waals surface area contributed by atoms with Crippen molar-refractivity contribution in [3.8, 4) is 0 Å². The van der Waals surface area contributed by atoms with Gasteiger partial charge in [-0.25, -0.2) is 0 Å². The van der Waals surface area contributed by atoms with E-state index < -0.39 is 0 Å². The first-order valence-corrected chi connectivity index (χ1v) is 7.01. The average molecular weight is 352 g/mol. The Balaban J connectivity index is 2.03. The summed E-state index contributed by atoms with van der Waals surface area (Å²) in [4.78, 5) is 11.8. The fourth-order valence-electron chi connectivity index (χ4n) is 1.55. The van der Waals surface area contributed by atoms with E-state index in [0.717, 1.165) is 10.0 Å². The van der Waals surface area contributed by atoms with Crippen LogP contribution in [0.5, 0.6) is 0 Å². The van der Waals surface area contributed by atoms with Gasteiger partial charge in [-0.3, -0.25) is 4.79 Å². The minimum Gasteiger partial charge on any atom is -0.399 e. The lowest BCUT2D eigenvalue weighted by atomic mass is 10.2. The second kappa shape index (κ2) is 6.59. The Morgan fingerprint density at radius 1 is 1.20 bits per heavy atom. The molecule has 2 aromatic rings. The SMILES string of the molecule is Nc1ccc(NC(=O)/C=C/c2ccc(Cl)cc2)c(Br)c1. The fraction of sp³-hybridized carbons (Fsp3) is 0. The molecule has 1 amide bonds.